The van der Waals surface area contributed by atoms with Gasteiger partial charge < -0.3 is 11.1 Å². The van der Waals surface area contributed by atoms with Gasteiger partial charge in [-0.15, -0.1) is 0 Å². The lowest BCUT2D eigenvalue weighted by Crippen LogP contribution is -2.35. The minimum absolute atomic E-state index is 0.147. The number of unbranched alkanes of at least 4 members (excludes halogenated alkanes) is 1. The standard InChI is InChI=1S/C13H21N3O3S/c1-3-4-5-12(14)13(17)16-10-6-8-11(9-7-10)20(18,19)15-2/h6-9,12,15H,3-5,14H2,1-2H3,(H,16,17). The van der Waals surface area contributed by atoms with Gasteiger partial charge in [0.25, 0.3) is 0 Å². The van der Waals surface area contributed by atoms with E-state index in [4.69, 9.17) is 5.73 Å². The van der Waals surface area contributed by atoms with E-state index in [1.165, 1.54) is 31.3 Å². The van der Waals surface area contributed by atoms with E-state index in [2.05, 4.69) is 10.0 Å². The van der Waals surface area contributed by atoms with Gasteiger partial charge in [-0.25, -0.2) is 13.1 Å². The molecule has 0 aromatic heterocycles. The Morgan fingerprint density at radius 3 is 2.40 bits per heavy atom. The zero-order chi connectivity index (χ0) is 15.2. The summed E-state index contributed by atoms with van der Waals surface area (Å²) in [7, 11) is -2.11. The van der Waals surface area contributed by atoms with E-state index in [0.717, 1.165) is 12.8 Å². The number of hydrogen-bond acceptors (Lipinski definition) is 4. The Labute approximate surface area is 119 Å². The van der Waals surface area contributed by atoms with Gasteiger partial charge in [0.15, 0.2) is 0 Å². The number of carbonyl (C=O) groups is 1. The van der Waals surface area contributed by atoms with Gasteiger partial charge >= 0.3 is 0 Å². The van der Waals surface area contributed by atoms with Crippen molar-refractivity contribution in [1.29, 1.82) is 0 Å². The molecular weight excluding hydrogens is 278 g/mol. The third kappa shape index (κ3) is 4.59. The Morgan fingerprint density at radius 2 is 1.90 bits per heavy atom. The number of amides is 1. The molecule has 4 N–H and O–H groups in total. The smallest absolute Gasteiger partial charge is 0.241 e. The van der Waals surface area contributed by atoms with Crippen molar-refractivity contribution in [2.75, 3.05) is 12.4 Å². The molecule has 0 spiro atoms. The maximum Gasteiger partial charge on any atom is 0.241 e. The molecule has 0 bridgehead atoms. The van der Waals surface area contributed by atoms with E-state index in [-0.39, 0.29) is 10.8 Å². The molecule has 1 aromatic carbocycles. The Balaban J connectivity index is 2.68. The van der Waals surface area contributed by atoms with Crippen LogP contribution < -0.4 is 15.8 Å². The molecule has 1 atom stereocenters. The molecular formula is C13H21N3O3S. The molecule has 1 unspecified atom stereocenters. The van der Waals surface area contributed by atoms with Crippen molar-refractivity contribution >= 4 is 21.6 Å². The second-order valence-electron chi connectivity index (χ2n) is 4.47. The van der Waals surface area contributed by atoms with Crippen LogP contribution in [0.25, 0.3) is 0 Å². The average molecular weight is 299 g/mol. The van der Waals surface area contributed by atoms with Crippen LogP contribution in [-0.4, -0.2) is 27.4 Å². The van der Waals surface area contributed by atoms with Gasteiger partial charge in [-0.1, -0.05) is 19.8 Å². The predicted octanol–water partition coefficient (Wildman–Crippen LogP) is 1.05. The zero-order valence-electron chi connectivity index (χ0n) is 11.7. The number of sulfonamides is 1. The summed E-state index contributed by atoms with van der Waals surface area (Å²) < 4.78 is 25.3. The minimum atomic E-state index is -3.46. The second-order valence-corrected chi connectivity index (χ2v) is 6.36. The summed E-state index contributed by atoms with van der Waals surface area (Å²) >= 11 is 0. The summed E-state index contributed by atoms with van der Waals surface area (Å²) in [6, 6.07) is 5.39. The number of nitrogens with two attached hydrogens (primary N) is 1. The average Bonchev–Trinajstić information content (AvgIpc) is 2.45. The normalized spacial score (nSPS) is 12.9. The summed E-state index contributed by atoms with van der Waals surface area (Å²) in [6.07, 6.45) is 2.51. The molecule has 6 nitrogen and oxygen atoms in total. The van der Waals surface area contributed by atoms with Crippen molar-refractivity contribution in [3.8, 4) is 0 Å². The van der Waals surface area contributed by atoms with E-state index in [9.17, 15) is 13.2 Å². The first-order valence-electron chi connectivity index (χ1n) is 6.50. The van der Waals surface area contributed by atoms with E-state index in [1.807, 2.05) is 6.92 Å². The van der Waals surface area contributed by atoms with Crippen molar-refractivity contribution in [1.82, 2.24) is 4.72 Å². The number of carbonyl (C=O) groups excluding carboxylic acids is 1. The molecule has 0 fully saturated rings. The van der Waals surface area contributed by atoms with Gasteiger partial charge in [0.1, 0.15) is 0 Å². The Kier molecular flexibility index (Phi) is 6.12. The molecule has 0 saturated heterocycles. The van der Waals surface area contributed by atoms with E-state index < -0.39 is 16.1 Å². The Bertz CT molecular complexity index is 540. The highest BCUT2D eigenvalue weighted by molar-refractivity contribution is 7.89. The predicted molar refractivity (Wildman–Crippen MR) is 78.8 cm³/mol. The van der Waals surface area contributed by atoms with Crippen LogP contribution in [0.4, 0.5) is 5.69 Å². The monoisotopic (exact) mass is 299 g/mol. The fourth-order valence-corrected chi connectivity index (χ4v) is 2.36. The molecule has 0 radical (unpaired) electrons. The molecule has 112 valence electrons. The first-order chi connectivity index (χ1) is 9.40. The summed E-state index contributed by atoms with van der Waals surface area (Å²) in [5, 5.41) is 2.67. The van der Waals surface area contributed by atoms with Gasteiger partial charge in [0, 0.05) is 5.69 Å². The maximum absolute atomic E-state index is 11.8. The van der Waals surface area contributed by atoms with Gasteiger partial charge in [-0.2, -0.15) is 0 Å². The third-order valence-electron chi connectivity index (χ3n) is 2.91. The molecule has 0 aliphatic rings. The Morgan fingerprint density at radius 1 is 1.30 bits per heavy atom. The summed E-state index contributed by atoms with van der Waals surface area (Å²) in [5.41, 5.74) is 6.28. The summed E-state index contributed by atoms with van der Waals surface area (Å²) in [5.74, 6) is -0.261. The van der Waals surface area contributed by atoms with Crippen molar-refractivity contribution < 1.29 is 13.2 Å². The molecule has 0 aliphatic carbocycles. The molecule has 1 rings (SSSR count). The first-order valence-corrected chi connectivity index (χ1v) is 7.99. The lowest BCUT2D eigenvalue weighted by atomic mass is 10.1. The lowest BCUT2D eigenvalue weighted by molar-refractivity contribution is -0.117. The highest BCUT2D eigenvalue weighted by Crippen LogP contribution is 2.14. The van der Waals surface area contributed by atoms with Gasteiger partial charge in [-0.05, 0) is 37.7 Å². The van der Waals surface area contributed by atoms with Crippen LogP contribution in [0.5, 0.6) is 0 Å². The molecule has 0 saturated carbocycles. The Hall–Kier alpha value is -1.44. The minimum Gasteiger partial charge on any atom is -0.325 e. The zero-order valence-corrected chi connectivity index (χ0v) is 12.5. The van der Waals surface area contributed by atoms with Crippen molar-refractivity contribution in [2.24, 2.45) is 5.73 Å². The summed E-state index contributed by atoms with van der Waals surface area (Å²) in [6.45, 7) is 2.03. The highest BCUT2D eigenvalue weighted by Gasteiger charge is 2.14. The fraction of sp³-hybridized carbons (Fsp3) is 0.462. The topological polar surface area (TPSA) is 101 Å². The van der Waals surface area contributed by atoms with Crippen molar-refractivity contribution in [3.05, 3.63) is 24.3 Å². The van der Waals surface area contributed by atoms with Crippen LogP contribution in [0.15, 0.2) is 29.2 Å². The molecule has 0 heterocycles. The van der Waals surface area contributed by atoms with Gasteiger partial charge in [0.2, 0.25) is 15.9 Å². The van der Waals surface area contributed by atoms with E-state index in [1.54, 1.807) is 0 Å². The maximum atomic E-state index is 11.8. The fourth-order valence-electron chi connectivity index (χ4n) is 1.63. The van der Waals surface area contributed by atoms with Crippen LogP contribution in [0, 0.1) is 0 Å². The highest BCUT2D eigenvalue weighted by atomic mass is 32.2. The molecule has 0 aliphatic heterocycles. The number of benzene rings is 1. The third-order valence-corrected chi connectivity index (χ3v) is 4.34. The number of hydrogen-bond donors (Lipinski definition) is 3. The lowest BCUT2D eigenvalue weighted by Gasteiger charge is -2.12. The first kappa shape index (κ1) is 16.6. The van der Waals surface area contributed by atoms with Gasteiger partial charge in [-0.3, -0.25) is 4.79 Å². The van der Waals surface area contributed by atoms with Crippen LogP contribution in [0.2, 0.25) is 0 Å². The molecule has 7 heteroatoms. The van der Waals surface area contributed by atoms with Crippen LogP contribution >= 0.6 is 0 Å². The van der Waals surface area contributed by atoms with Crippen LogP contribution in [-0.2, 0) is 14.8 Å². The van der Waals surface area contributed by atoms with Crippen LogP contribution in [0.3, 0.4) is 0 Å². The summed E-state index contributed by atoms with van der Waals surface area (Å²) in [4.78, 5) is 11.9. The quantitative estimate of drug-likeness (QED) is 0.700. The number of anilines is 1. The molecule has 1 amide bonds. The number of nitrogens with one attached hydrogen (secondary N) is 2. The second kappa shape index (κ2) is 7.37. The number of rotatable bonds is 7. The largest absolute Gasteiger partial charge is 0.325 e. The van der Waals surface area contributed by atoms with Crippen LogP contribution in [0.1, 0.15) is 26.2 Å². The molecule has 20 heavy (non-hydrogen) atoms. The van der Waals surface area contributed by atoms with E-state index in [0.29, 0.717) is 12.1 Å². The van der Waals surface area contributed by atoms with E-state index >= 15 is 0 Å². The molecule has 1 aromatic rings. The van der Waals surface area contributed by atoms with Crippen molar-refractivity contribution in [2.45, 2.75) is 37.1 Å². The van der Waals surface area contributed by atoms with Gasteiger partial charge in [0.05, 0.1) is 10.9 Å². The van der Waals surface area contributed by atoms with Crippen molar-refractivity contribution in [3.63, 3.8) is 0 Å². The SMILES string of the molecule is CCCCC(N)C(=O)Nc1ccc(S(=O)(=O)NC)cc1.